The molecule has 2 heterocycles. The van der Waals surface area contributed by atoms with Gasteiger partial charge in [0.1, 0.15) is 4.88 Å². The Hall–Kier alpha value is -1.59. The summed E-state index contributed by atoms with van der Waals surface area (Å²) in [5.74, 6) is -0.0618. The van der Waals surface area contributed by atoms with Gasteiger partial charge in [-0.25, -0.2) is 0 Å². The summed E-state index contributed by atoms with van der Waals surface area (Å²) < 4.78 is 6.37. The van der Waals surface area contributed by atoms with Gasteiger partial charge in [0.25, 0.3) is 5.91 Å². The molecule has 0 radical (unpaired) electrons. The molecule has 1 fully saturated rings. The molecule has 3 N–H and O–H groups in total. The zero-order valence-corrected chi connectivity index (χ0v) is 12.3. The second-order valence-corrected chi connectivity index (χ2v) is 6.26. The van der Waals surface area contributed by atoms with Gasteiger partial charge in [0.05, 0.1) is 5.69 Å². The molecule has 0 bridgehead atoms. The smallest absolute Gasteiger partial charge is 0.263 e. The van der Waals surface area contributed by atoms with Crippen LogP contribution < -0.4 is 11.1 Å². The molecule has 1 amide bonds. The Labute approximate surface area is 121 Å². The largest absolute Gasteiger partial charge is 0.397 e. The summed E-state index contributed by atoms with van der Waals surface area (Å²) in [4.78, 5) is 13.0. The Balaban J connectivity index is 1.85. The highest BCUT2D eigenvalue weighted by Crippen LogP contribution is 2.34. The van der Waals surface area contributed by atoms with E-state index in [2.05, 4.69) is 11.4 Å². The first kappa shape index (κ1) is 13.4. The van der Waals surface area contributed by atoms with Crippen LogP contribution in [-0.2, 0) is 4.74 Å². The van der Waals surface area contributed by atoms with Crippen LogP contribution in [0.1, 0.15) is 28.1 Å². The molecule has 1 aromatic heterocycles. The van der Waals surface area contributed by atoms with Gasteiger partial charge in [0, 0.05) is 29.3 Å². The average molecular weight is 290 g/mol. The van der Waals surface area contributed by atoms with Crippen LogP contribution in [0.3, 0.4) is 0 Å². The SMILES string of the molecule is Cc1ccc2c(N)c(C(=O)NC3CCOCC3)sc2c1. The lowest BCUT2D eigenvalue weighted by Crippen LogP contribution is -2.38. The molecule has 1 aromatic carbocycles. The monoisotopic (exact) mass is 290 g/mol. The van der Waals surface area contributed by atoms with Crippen LogP contribution in [0.15, 0.2) is 18.2 Å². The van der Waals surface area contributed by atoms with E-state index in [0.29, 0.717) is 23.8 Å². The number of anilines is 1. The summed E-state index contributed by atoms with van der Waals surface area (Å²) in [5.41, 5.74) is 7.89. The Morgan fingerprint density at radius 3 is 2.90 bits per heavy atom. The second-order valence-electron chi connectivity index (χ2n) is 5.20. The van der Waals surface area contributed by atoms with Gasteiger partial charge in [0.15, 0.2) is 0 Å². The number of ether oxygens (including phenoxy) is 1. The minimum atomic E-state index is -0.0618. The van der Waals surface area contributed by atoms with Crippen LogP contribution in [-0.4, -0.2) is 25.2 Å². The summed E-state index contributed by atoms with van der Waals surface area (Å²) >= 11 is 1.47. The molecule has 2 aromatic rings. The number of carbonyl (C=O) groups is 1. The van der Waals surface area contributed by atoms with Crippen LogP contribution in [0.25, 0.3) is 10.1 Å². The predicted molar refractivity (Wildman–Crippen MR) is 82.3 cm³/mol. The first-order valence-corrected chi connectivity index (χ1v) is 7.64. The summed E-state index contributed by atoms with van der Waals surface area (Å²) in [6.45, 7) is 3.47. The number of amides is 1. The van der Waals surface area contributed by atoms with E-state index in [1.807, 2.05) is 19.1 Å². The lowest BCUT2D eigenvalue weighted by Gasteiger charge is -2.22. The fraction of sp³-hybridized carbons (Fsp3) is 0.400. The first-order chi connectivity index (χ1) is 9.65. The third kappa shape index (κ3) is 2.51. The normalized spacial score (nSPS) is 16.4. The van der Waals surface area contributed by atoms with Crippen molar-refractivity contribution in [3.8, 4) is 0 Å². The van der Waals surface area contributed by atoms with Crippen molar-refractivity contribution in [2.24, 2.45) is 0 Å². The minimum absolute atomic E-state index is 0.0618. The van der Waals surface area contributed by atoms with E-state index >= 15 is 0 Å². The summed E-state index contributed by atoms with van der Waals surface area (Å²) in [7, 11) is 0. The number of hydrogen-bond donors (Lipinski definition) is 2. The van der Waals surface area contributed by atoms with Crippen molar-refractivity contribution in [1.82, 2.24) is 5.32 Å². The number of aryl methyl sites for hydroxylation is 1. The molecular weight excluding hydrogens is 272 g/mol. The number of rotatable bonds is 2. The quantitative estimate of drug-likeness (QED) is 0.894. The van der Waals surface area contributed by atoms with Gasteiger partial charge in [-0.2, -0.15) is 0 Å². The van der Waals surface area contributed by atoms with Crippen molar-refractivity contribution in [3.63, 3.8) is 0 Å². The molecule has 0 unspecified atom stereocenters. The van der Waals surface area contributed by atoms with E-state index in [1.54, 1.807) is 0 Å². The van der Waals surface area contributed by atoms with Crippen molar-refractivity contribution < 1.29 is 9.53 Å². The maximum Gasteiger partial charge on any atom is 0.263 e. The van der Waals surface area contributed by atoms with E-state index < -0.39 is 0 Å². The number of nitrogen functional groups attached to an aromatic ring is 1. The van der Waals surface area contributed by atoms with E-state index in [-0.39, 0.29) is 11.9 Å². The third-order valence-electron chi connectivity index (χ3n) is 3.65. The number of hydrogen-bond acceptors (Lipinski definition) is 4. The highest BCUT2D eigenvalue weighted by molar-refractivity contribution is 7.21. The van der Waals surface area contributed by atoms with E-state index in [0.717, 1.165) is 22.9 Å². The van der Waals surface area contributed by atoms with Gasteiger partial charge in [-0.3, -0.25) is 4.79 Å². The topological polar surface area (TPSA) is 64.4 Å². The zero-order valence-electron chi connectivity index (χ0n) is 11.4. The maximum absolute atomic E-state index is 12.4. The number of carbonyl (C=O) groups excluding carboxylic acids is 1. The Morgan fingerprint density at radius 1 is 1.40 bits per heavy atom. The van der Waals surface area contributed by atoms with E-state index in [4.69, 9.17) is 10.5 Å². The number of nitrogens with two attached hydrogens (primary N) is 1. The van der Waals surface area contributed by atoms with Gasteiger partial charge in [-0.05, 0) is 31.4 Å². The van der Waals surface area contributed by atoms with Crippen LogP contribution in [0, 0.1) is 6.92 Å². The predicted octanol–water partition coefficient (Wildman–Crippen LogP) is 2.70. The van der Waals surface area contributed by atoms with Gasteiger partial charge < -0.3 is 15.8 Å². The van der Waals surface area contributed by atoms with Crippen molar-refractivity contribution in [3.05, 3.63) is 28.6 Å². The molecule has 1 aliphatic rings. The molecule has 20 heavy (non-hydrogen) atoms. The highest BCUT2D eigenvalue weighted by Gasteiger charge is 2.21. The molecule has 3 rings (SSSR count). The zero-order chi connectivity index (χ0) is 14.1. The maximum atomic E-state index is 12.4. The summed E-state index contributed by atoms with van der Waals surface area (Å²) in [6, 6.07) is 6.28. The van der Waals surface area contributed by atoms with Gasteiger partial charge in [-0.1, -0.05) is 12.1 Å². The van der Waals surface area contributed by atoms with Gasteiger partial charge in [-0.15, -0.1) is 11.3 Å². The third-order valence-corrected chi connectivity index (χ3v) is 4.81. The number of nitrogens with one attached hydrogen (secondary N) is 1. The summed E-state index contributed by atoms with van der Waals surface area (Å²) in [5, 5.41) is 4.03. The van der Waals surface area contributed by atoms with Crippen LogP contribution in [0.5, 0.6) is 0 Å². The first-order valence-electron chi connectivity index (χ1n) is 6.82. The lowest BCUT2D eigenvalue weighted by molar-refractivity contribution is 0.0699. The summed E-state index contributed by atoms with van der Waals surface area (Å²) in [6.07, 6.45) is 1.74. The van der Waals surface area contributed by atoms with E-state index in [1.165, 1.54) is 16.9 Å². The lowest BCUT2D eigenvalue weighted by atomic mass is 10.1. The molecule has 106 valence electrons. The fourth-order valence-corrected chi connectivity index (χ4v) is 3.61. The Morgan fingerprint density at radius 2 is 2.15 bits per heavy atom. The molecule has 0 atom stereocenters. The molecule has 4 nitrogen and oxygen atoms in total. The average Bonchev–Trinajstić information content (AvgIpc) is 2.76. The van der Waals surface area contributed by atoms with Crippen molar-refractivity contribution in [1.29, 1.82) is 0 Å². The second kappa shape index (κ2) is 5.42. The molecule has 1 aliphatic heterocycles. The van der Waals surface area contributed by atoms with Crippen LogP contribution >= 0.6 is 11.3 Å². The Bertz CT molecular complexity index is 645. The molecule has 0 saturated carbocycles. The van der Waals surface area contributed by atoms with Gasteiger partial charge >= 0.3 is 0 Å². The standard InChI is InChI=1S/C15H18N2O2S/c1-9-2-3-11-12(8-9)20-14(13(11)16)15(18)17-10-4-6-19-7-5-10/h2-3,8,10H,4-7,16H2,1H3,(H,17,18). The number of benzene rings is 1. The van der Waals surface area contributed by atoms with E-state index in [9.17, 15) is 4.79 Å². The molecule has 5 heteroatoms. The molecular formula is C15H18N2O2S. The fourth-order valence-electron chi connectivity index (χ4n) is 2.49. The van der Waals surface area contributed by atoms with Gasteiger partial charge in [0.2, 0.25) is 0 Å². The molecule has 1 saturated heterocycles. The number of thiophene rings is 1. The molecule has 0 spiro atoms. The van der Waals surface area contributed by atoms with Crippen molar-refractivity contribution >= 4 is 33.0 Å². The van der Waals surface area contributed by atoms with Crippen LogP contribution in [0.4, 0.5) is 5.69 Å². The highest BCUT2D eigenvalue weighted by atomic mass is 32.1. The number of fused-ring (bicyclic) bond motifs is 1. The minimum Gasteiger partial charge on any atom is -0.397 e. The van der Waals surface area contributed by atoms with Crippen LogP contribution in [0.2, 0.25) is 0 Å². The van der Waals surface area contributed by atoms with Crippen molar-refractivity contribution in [2.75, 3.05) is 18.9 Å². The Kier molecular flexibility index (Phi) is 3.63. The molecule has 0 aliphatic carbocycles. The van der Waals surface area contributed by atoms with Crippen molar-refractivity contribution in [2.45, 2.75) is 25.8 Å².